The third kappa shape index (κ3) is 2.99. The molecule has 0 aliphatic rings. The summed E-state index contributed by atoms with van der Waals surface area (Å²) >= 11 is 0. The van der Waals surface area contributed by atoms with Crippen molar-refractivity contribution in [2.45, 2.75) is 32.7 Å². The molecule has 0 amide bonds. The number of rotatable bonds is 6. The molecular weight excluding hydrogens is 198 g/mol. The van der Waals surface area contributed by atoms with Gasteiger partial charge in [-0.1, -0.05) is 38.8 Å². The van der Waals surface area contributed by atoms with Crippen molar-refractivity contribution in [3.05, 3.63) is 29.8 Å². The van der Waals surface area contributed by atoms with Gasteiger partial charge in [0.15, 0.2) is 0 Å². The van der Waals surface area contributed by atoms with Gasteiger partial charge in [0.25, 0.3) is 0 Å². The molecule has 1 N–H and O–H groups in total. The summed E-state index contributed by atoms with van der Waals surface area (Å²) in [7, 11) is 3.74. The van der Waals surface area contributed by atoms with Gasteiger partial charge in [0.2, 0.25) is 0 Å². The van der Waals surface area contributed by atoms with Crippen molar-refractivity contribution in [3.63, 3.8) is 0 Å². The standard InChI is InChI=1S/C14H23NO/c1-5-11(6-2)14(15-3)12-8-7-9-13(10-12)16-4/h7-11,14-15H,5-6H2,1-4H3. The van der Waals surface area contributed by atoms with Crippen molar-refractivity contribution in [3.8, 4) is 5.75 Å². The van der Waals surface area contributed by atoms with E-state index >= 15 is 0 Å². The lowest BCUT2D eigenvalue weighted by Crippen LogP contribution is -2.24. The summed E-state index contributed by atoms with van der Waals surface area (Å²) in [5.74, 6) is 1.61. The number of methoxy groups -OCH3 is 1. The summed E-state index contributed by atoms with van der Waals surface area (Å²) in [5.41, 5.74) is 1.32. The van der Waals surface area contributed by atoms with Gasteiger partial charge in [-0.3, -0.25) is 0 Å². The average Bonchev–Trinajstić information content (AvgIpc) is 2.35. The van der Waals surface area contributed by atoms with Crippen molar-refractivity contribution in [2.75, 3.05) is 14.2 Å². The highest BCUT2D eigenvalue weighted by Crippen LogP contribution is 2.28. The number of benzene rings is 1. The van der Waals surface area contributed by atoms with Gasteiger partial charge in [0.1, 0.15) is 5.75 Å². The summed E-state index contributed by atoms with van der Waals surface area (Å²) in [6.07, 6.45) is 2.39. The minimum atomic E-state index is 0.421. The van der Waals surface area contributed by atoms with Crippen molar-refractivity contribution in [1.29, 1.82) is 0 Å². The smallest absolute Gasteiger partial charge is 0.119 e. The Morgan fingerprint density at radius 3 is 2.44 bits per heavy atom. The zero-order valence-corrected chi connectivity index (χ0v) is 10.8. The highest BCUT2D eigenvalue weighted by molar-refractivity contribution is 5.30. The highest BCUT2D eigenvalue weighted by Gasteiger charge is 2.18. The topological polar surface area (TPSA) is 21.3 Å². The SMILES string of the molecule is CCC(CC)C(NC)c1cccc(OC)c1. The Morgan fingerprint density at radius 1 is 1.25 bits per heavy atom. The van der Waals surface area contributed by atoms with Crippen LogP contribution in [0.5, 0.6) is 5.75 Å². The van der Waals surface area contributed by atoms with Crippen LogP contribution in [0, 0.1) is 5.92 Å². The van der Waals surface area contributed by atoms with Crippen molar-refractivity contribution in [1.82, 2.24) is 5.32 Å². The predicted molar refractivity (Wildman–Crippen MR) is 68.9 cm³/mol. The molecule has 0 heterocycles. The first kappa shape index (κ1) is 13.0. The van der Waals surface area contributed by atoms with E-state index in [1.165, 1.54) is 18.4 Å². The Morgan fingerprint density at radius 2 is 1.94 bits per heavy atom. The van der Waals surface area contributed by atoms with E-state index in [4.69, 9.17) is 4.74 Å². The Kier molecular flexibility index (Phi) is 5.33. The Hall–Kier alpha value is -1.02. The first-order valence-corrected chi connectivity index (χ1v) is 6.08. The number of hydrogen-bond acceptors (Lipinski definition) is 2. The lowest BCUT2D eigenvalue weighted by molar-refractivity contribution is 0.357. The Labute approximate surface area is 99.0 Å². The van der Waals surface area contributed by atoms with Gasteiger partial charge >= 0.3 is 0 Å². The minimum Gasteiger partial charge on any atom is -0.497 e. The largest absolute Gasteiger partial charge is 0.497 e. The third-order valence-corrected chi connectivity index (χ3v) is 3.28. The fourth-order valence-corrected chi connectivity index (χ4v) is 2.27. The minimum absolute atomic E-state index is 0.421. The molecule has 0 spiro atoms. The van der Waals surface area contributed by atoms with Crippen LogP contribution in [0.4, 0.5) is 0 Å². The number of nitrogens with one attached hydrogen (secondary N) is 1. The zero-order valence-electron chi connectivity index (χ0n) is 10.8. The molecule has 0 saturated carbocycles. The lowest BCUT2D eigenvalue weighted by atomic mass is 9.89. The van der Waals surface area contributed by atoms with Gasteiger partial charge < -0.3 is 10.1 Å². The highest BCUT2D eigenvalue weighted by atomic mass is 16.5. The molecule has 0 radical (unpaired) electrons. The molecule has 90 valence electrons. The maximum atomic E-state index is 5.27. The van der Waals surface area contributed by atoms with Gasteiger partial charge in [-0.05, 0) is 30.7 Å². The summed E-state index contributed by atoms with van der Waals surface area (Å²) in [6, 6.07) is 8.76. The lowest BCUT2D eigenvalue weighted by Gasteiger charge is -2.25. The molecule has 1 aromatic carbocycles. The molecule has 16 heavy (non-hydrogen) atoms. The summed E-state index contributed by atoms with van der Waals surface area (Å²) in [4.78, 5) is 0. The fraction of sp³-hybridized carbons (Fsp3) is 0.571. The van der Waals surface area contributed by atoms with Crippen LogP contribution in [0.1, 0.15) is 38.3 Å². The molecule has 1 rings (SSSR count). The molecule has 0 saturated heterocycles. The van der Waals surface area contributed by atoms with E-state index in [0.29, 0.717) is 12.0 Å². The second-order valence-electron chi connectivity index (χ2n) is 4.12. The van der Waals surface area contributed by atoms with Gasteiger partial charge in [0.05, 0.1) is 7.11 Å². The van der Waals surface area contributed by atoms with E-state index in [1.54, 1.807) is 7.11 Å². The summed E-state index contributed by atoms with van der Waals surface area (Å²) in [6.45, 7) is 4.50. The maximum Gasteiger partial charge on any atom is 0.119 e. The van der Waals surface area contributed by atoms with Gasteiger partial charge in [-0.25, -0.2) is 0 Å². The van der Waals surface area contributed by atoms with Crippen LogP contribution in [-0.2, 0) is 0 Å². The van der Waals surface area contributed by atoms with Crippen molar-refractivity contribution >= 4 is 0 Å². The van der Waals surface area contributed by atoms with E-state index in [2.05, 4.69) is 37.4 Å². The summed E-state index contributed by atoms with van der Waals surface area (Å²) in [5, 5.41) is 3.42. The molecule has 0 aromatic heterocycles. The van der Waals surface area contributed by atoms with E-state index in [0.717, 1.165) is 5.75 Å². The van der Waals surface area contributed by atoms with Crippen LogP contribution in [0.2, 0.25) is 0 Å². The molecule has 2 heteroatoms. The second kappa shape index (κ2) is 6.54. The molecule has 2 nitrogen and oxygen atoms in total. The molecule has 1 aromatic rings. The molecule has 1 atom stereocenters. The normalized spacial score (nSPS) is 12.8. The zero-order chi connectivity index (χ0) is 12.0. The van der Waals surface area contributed by atoms with Crippen LogP contribution in [0.3, 0.4) is 0 Å². The van der Waals surface area contributed by atoms with Crippen LogP contribution in [0.25, 0.3) is 0 Å². The molecule has 0 fully saturated rings. The van der Waals surface area contributed by atoms with Crippen LogP contribution in [-0.4, -0.2) is 14.2 Å². The predicted octanol–water partition coefficient (Wildman–Crippen LogP) is 3.39. The molecule has 1 unspecified atom stereocenters. The van der Waals surface area contributed by atoms with Gasteiger partial charge in [0, 0.05) is 6.04 Å². The summed E-state index contributed by atoms with van der Waals surface area (Å²) < 4.78 is 5.27. The van der Waals surface area contributed by atoms with Crippen molar-refractivity contribution < 1.29 is 4.74 Å². The fourth-order valence-electron chi connectivity index (χ4n) is 2.27. The monoisotopic (exact) mass is 221 g/mol. The molecule has 0 bridgehead atoms. The van der Waals surface area contributed by atoms with E-state index in [1.807, 2.05) is 13.1 Å². The van der Waals surface area contributed by atoms with E-state index in [9.17, 15) is 0 Å². The second-order valence-corrected chi connectivity index (χ2v) is 4.12. The molecular formula is C14H23NO. The molecule has 0 aliphatic heterocycles. The van der Waals surface area contributed by atoms with E-state index < -0.39 is 0 Å². The number of ether oxygens (including phenoxy) is 1. The van der Waals surface area contributed by atoms with Crippen LogP contribution >= 0.6 is 0 Å². The first-order valence-electron chi connectivity index (χ1n) is 6.08. The molecule has 0 aliphatic carbocycles. The van der Waals surface area contributed by atoms with Gasteiger partial charge in [-0.15, -0.1) is 0 Å². The third-order valence-electron chi connectivity index (χ3n) is 3.28. The Bertz CT molecular complexity index is 307. The average molecular weight is 221 g/mol. The van der Waals surface area contributed by atoms with Crippen LogP contribution < -0.4 is 10.1 Å². The van der Waals surface area contributed by atoms with Crippen molar-refractivity contribution in [2.24, 2.45) is 5.92 Å². The Balaban J connectivity index is 2.93. The van der Waals surface area contributed by atoms with E-state index in [-0.39, 0.29) is 0 Å². The maximum absolute atomic E-state index is 5.27. The first-order chi connectivity index (χ1) is 7.76. The quantitative estimate of drug-likeness (QED) is 0.795. The van der Waals surface area contributed by atoms with Gasteiger partial charge in [-0.2, -0.15) is 0 Å². The van der Waals surface area contributed by atoms with Crippen LogP contribution in [0.15, 0.2) is 24.3 Å². The number of hydrogen-bond donors (Lipinski definition) is 1.